The molecule has 5 heteroatoms. The van der Waals surface area contributed by atoms with E-state index in [0.717, 1.165) is 19.4 Å². The molecule has 2 atom stereocenters. The van der Waals surface area contributed by atoms with Crippen molar-refractivity contribution in [1.29, 1.82) is 0 Å². The van der Waals surface area contributed by atoms with Crippen molar-refractivity contribution < 1.29 is 14.3 Å². The molecule has 18 heavy (non-hydrogen) atoms. The third-order valence-electron chi connectivity index (χ3n) is 3.11. The number of amides is 1. The van der Waals surface area contributed by atoms with Gasteiger partial charge in [-0.1, -0.05) is 18.2 Å². The molecular formula is C13H17FN2O2. The van der Waals surface area contributed by atoms with Gasteiger partial charge in [-0.3, -0.25) is 4.79 Å². The summed E-state index contributed by atoms with van der Waals surface area (Å²) in [6.07, 6.45) is 0.770. The molecule has 2 rings (SSSR count). The number of nitrogens with one attached hydrogen (secondary N) is 2. The number of aliphatic hydroxyl groups is 1. The highest BCUT2D eigenvalue weighted by molar-refractivity contribution is 5.82. The maximum atomic E-state index is 13.4. The van der Waals surface area contributed by atoms with E-state index in [0.29, 0.717) is 0 Å². The fraction of sp³-hybridized carbons (Fsp3) is 0.462. The van der Waals surface area contributed by atoms with Crippen molar-refractivity contribution in [2.75, 3.05) is 13.1 Å². The molecule has 0 spiro atoms. The summed E-state index contributed by atoms with van der Waals surface area (Å²) >= 11 is 0. The minimum atomic E-state index is -1.02. The van der Waals surface area contributed by atoms with Crippen molar-refractivity contribution in [1.82, 2.24) is 10.6 Å². The summed E-state index contributed by atoms with van der Waals surface area (Å²) < 4.78 is 13.4. The van der Waals surface area contributed by atoms with Crippen molar-refractivity contribution in [2.24, 2.45) is 0 Å². The molecule has 1 saturated heterocycles. The largest absolute Gasteiger partial charge is 0.386 e. The normalized spacial score (nSPS) is 20.7. The van der Waals surface area contributed by atoms with Gasteiger partial charge in [0.1, 0.15) is 5.82 Å². The Hall–Kier alpha value is -1.46. The predicted molar refractivity (Wildman–Crippen MR) is 65.4 cm³/mol. The van der Waals surface area contributed by atoms with Crippen LogP contribution in [0.1, 0.15) is 24.5 Å². The van der Waals surface area contributed by atoms with Gasteiger partial charge in [-0.05, 0) is 25.5 Å². The lowest BCUT2D eigenvalue weighted by Crippen LogP contribution is -2.41. The van der Waals surface area contributed by atoms with E-state index in [9.17, 15) is 14.3 Å². The molecule has 1 aromatic rings. The lowest BCUT2D eigenvalue weighted by atomic mass is 10.1. The van der Waals surface area contributed by atoms with E-state index in [4.69, 9.17) is 0 Å². The molecule has 1 fully saturated rings. The molecule has 0 aliphatic carbocycles. The topological polar surface area (TPSA) is 61.4 Å². The van der Waals surface area contributed by atoms with Crippen LogP contribution in [-0.2, 0) is 4.79 Å². The Morgan fingerprint density at radius 3 is 3.00 bits per heavy atom. The number of hydrogen-bond acceptors (Lipinski definition) is 3. The summed E-state index contributed by atoms with van der Waals surface area (Å²) in [6, 6.07) is 5.84. The van der Waals surface area contributed by atoms with Crippen LogP contribution in [0.5, 0.6) is 0 Å². The zero-order chi connectivity index (χ0) is 13.0. The molecule has 3 N–H and O–H groups in total. The molecule has 0 unspecified atom stereocenters. The third kappa shape index (κ3) is 3.05. The Kier molecular flexibility index (Phi) is 4.28. The van der Waals surface area contributed by atoms with Crippen LogP contribution >= 0.6 is 0 Å². The fourth-order valence-electron chi connectivity index (χ4n) is 2.08. The van der Waals surface area contributed by atoms with E-state index in [-0.39, 0.29) is 24.1 Å². The number of carbonyl (C=O) groups excluding carboxylic acids is 1. The standard InChI is InChI=1S/C13H17FN2O2/c14-10-5-2-1-4-9(10)12(17)8-16-13(18)11-6-3-7-15-11/h1-2,4-5,11-12,15,17H,3,6-8H2,(H,16,18)/t11-,12-/m1/s1. The summed E-state index contributed by atoms with van der Waals surface area (Å²) in [7, 11) is 0. The highest BCUT2D eigenvalue weighted by Gasteiger charge is 2.22. The van der Waals surface area contributed by atoms with Crippen LogP contribution in [0.2, 0.25) is 0 Å². The number of hydrogen-bond donors (Lipinski definition) is 3. The van der Waals surface area contributed by atoms with E-state index in [2.05, 4.69) is 10.6 Å². The van der Waals surface area contributed by atoms with Gasteiger partial charge in [0.25, 0.3) is 0 Å². The third-order valence-corrected chi connectivity index (χ3v) is 3.11. The van der Waals surface area contributed by atoms with Gasteiger partial charge in [-0.15, -0.1) is 0 Å². The first-order valence-corrected chi connectivity index (χ1v) is 6.12. The predicted octanol–water partition coefficient (Wildman–Crippen LogP) is 0.727. The first-order chi connectivity index (χ1) is 8.68. The zero-order valence-corrected chi connectivity index (χ0v) is 10.0. The lowest BCUT2D eigenvalue weighted by molar-refractivity contribution is -0.123. The Balaban J connectivity index is 1.86. The van der Waals surface area contributed by atoms with Crippen LogP contribution in [0.4, 0.5) is 4.39 Å². The Morgan fingerprint density at radius 1 is 1.56 bits per heavy atom. The second-order valence-electron chi connectivity index (χ2n) is 4.43. The Labute approximate surface area is 105 Å². The summed E-state index contributed by atoms with van der Waals surface area (Å²) in [5.41, 5.74) is 0.206. The monoisotopic (exact) mass is 252 g/mol. The highest BCUT2D eigenvalue weighted by Crippen LogP contribution is 2.15. The van der Waals surface area contributed by atoms with Gasteiger partial charge in [-0.2, -0.15) is 0 Å². The number of rotatable bonds is 4. The first-order valence-electron chi connectivity index (χ1n) is 6.12. The zero-order valence-electron chi connectivity index (χ0n) is 10.0. The van der Waals surface area contributed by atoms with Crippen LogP contribution in [0.15, 0.2) is 24.3 Å². The van der Waals surface area contributed by atoms with Gasteiger partial charge in [0.2, 0.25) is 5.91 Å². The molecule has 98 valence electrons. The number of halogens is 1. The summed E-state index contributed by atoms with van der Waals surface area (Å²) in [4.78, 5) is 11.7. The smallest absolute Gasteiger partial charge is 0.237 e. The van der Waals surface area contributed by atoms with E-state index in [1.165, 1.54) is 12.1 Å². The maximum Gasteiger partial charge on any atom is 0.237 e. The SMILES string of the molecule is O=C(NC[C@@H](O)c1ccccc1F)[C@H]1CCCN1. The molecule has 1 heterocycles. The first kappa shape index (κ1) is 13.0. The van der Waals surface area contributed by atoms with Crippen LogP contribution in [0, 0.1) is 5.82 Å². The van der Waals surface area contributed by atoms with Crippen LogP contribution < -0.4 is 10.6 Å². The van der Waals surface area contributed by atoms with Crippen LogP contribution in [-0.4, -0.2) is 30.1 Å². The summed E-state index contributed by atoms with van der Waals surface area (Å²) in [6.45, 7) is 0.867. The van der Waals surface area contributed by atoms with Gasteiger partial charge in [-0.25, -0.2) is 4.39 Å². The Morgan fingerprint density at radius 2 is 2.33 bits per heavy atom. The van der Waals surface area contributed by atoms with Crippen LogP contribution in [0.3, 0.4) is 0 Å². The number of carbonyl (C=O) groups is 1. The average molecular weight is 252 g/mol. The highest BCUT2D eigenvalue weighted by atomic mass is 19.1. The fourth-order valence-corrected chi connectivity index (χ4v) is 2.08. The maximum absolute atomic E-state index is 13.4. The number of aliphatic hydroxyl groups excluding tert-OH is 1. The summed E-state index contributed by atoms with van der Waals surface area (Å²) in [5.74, 6) is -0.596. The second kappa shape index (κ2) is 5.93. The molecule has 1 aromatic carbocycles. The quantitative estimate of drug-likeness (QED) is 0.740. The van der Waals surface area contributed by atoms with Crippen LogP contribution in [0.25, 0.3) is 0 Å². The molecule has 0 aromatic heterocycles. The number of benzene rings is 1. The molecule has 1 aliphatic heterocycles. The van der Waals surface area contributed by atoms with Crippen molar-refractivity contribution in [3.63, 3.8) is 0 Å². The van der Waals surface area contributed by atoms with E-state index in [1.807, 2.05) is 0 Å². The van der Waals surface area contributed by atoms with Gasteiger partial charge in [0.15, 0.2) is 0 Å². The molecule has 0 saturated carbocycles. The van der Waals surface area contributed by atoms with Gasteiger partial charge < -0.3 is 15.7 Å². The van der Waals surface area contributed by atoms with E-state index in [1.54, 1.807) is 12.1 Å². The average Bonchev–Trinajstić information content (AvgIpc) is 2.90. The molecule has 0 radical (unpaired) electrons. The lowest BCUT2D eigenvalue weighted by Gasteiger charge is -2.15. The molecule has 0 bridgehead atoms. The molecule has 4 nitrogen and oxygen atoms in total. The Bertz CT molecular complexity index is 419. The molecular weight excluding hydrogens is 235 g/mol. The minimum absolute atomic E-state index is 0.0257. The second-order valence-corrected chi connectivity index (χ2v) is 4.43. The van der Waals surface area contributed by atoms with Crippen molar-refractivity contribution in [3.05, 3.63) is 35.6 Å². The molecule has 1 aliphatic rings. The minimum Gasteiger partial charge on any atom is -0.386 e. The van der Waals surface area contributed by atoms with Crippen molar-refractivity contribution >= 4 is 5.91 Å². The molecule has 1 amide bonds. The van der Waals surface area contributed by atoms with Crippen molar-refractivity contribution in [3.8, 4) is 0 Å². The van der Waals surface area contributed by atoms with Gasteiger partial charge >= 0.3 is 0 Å². The van der Waals surface area contributed by atoms with Gasteiger partial charge in [0, 0.05) is 12.1 Å². The van der Waals surface area contributed by atoms with E-state index < -0.39 is 11.9 Å². The van der Waals surface area contributed by atoms with Gasteiger partial charge in [0.05, 0.1) is 12.1 Å². The summed E-state index contributed by atoms with van der Waals surface area (Å²) in [5, 5.41) is 15.5. The van der Waals surface area contributed by atoms with Crippen molar-refractivity contribution in [2.45, 2.75) is 25.0 Å². The van der Waals surface area contributed by atoms with E-state index >= 15 is 0 Å².